The number of carbonyl (C=O) groups is 1. The number of amides is 1. The lowest BCUT2D eigenvalue weighted by Gasteiger charge is -2.07. The third-order valence-corrected chi connectivity index (χ3v) is 4.46. The summed E-state index contributed by atoms with van der Waals surface area (Å²) in [5.41, 5.74) is 3.73. The van der Waals surface area contributed by atoms with Crippen molar-refractivity contribution < 1.29 is 4.79 Å². The Morgan fingerprint density at radius 2 is 1.83 bits per heavy atom. The van der Waals surface area contributed by atoms with E-state index < -0.39 is 0 Å². The fraction of sp³-hybridized carbons (Fsp3) is 0.158. The highest BCUT2D eigenvalue weighted by molar-refractivity contribution is 6.06. The second kappa shape index (κ2) is 5.53. The van der Waals surface area contributed by atoms with Crippen LogP contribution in [0.1, 0.15) is 16.2 Å². The number of hydrogen-bond donors (Lipinski definition) is 1. The lowest BCUT2D eigenvalue weighted by Crippen LogP contribution is -2.24. The van der Waals surface area contributed by atoms with Gasteiger partial charge in [-0.1, -0.05) is 18.2 Å². The minimum absolute atomic E-state index is 0.0844. The van der Waals surface area contributed by atoms with Gasteiger partial charge < -0.3 is 14.5 Å². The van der Waals surface area contributed by atoms with Crippen LogP contribution in [0.15, 0.2) is 54.7 Å². The number of aryl methyl sites for hydroxylation is 2. The largest absolute Gasteiger partial charge is 0.351 e. The van der Waals surface area contributed by atoms with Crippen LogP contribution >= 0.6 is 0 Å². The molecule has 4 aromatic rings. The number of nitrogens with zero attached hydrogens (tertiary/aromatic N) is 3. The predicted molar refractivity (Wildman–Crippen MR) is 94.8 cm³/mol. The minimum atomic E-state index is -0.0844. The van der Waals surface area contributed by atoms with Crippen molar-refractivity contribution in [2.24, 2.45) is 14.1 Å². The number of benzene rings is 2. The average Bonchev–Trinajstić information content (AvgIpc) is 3.14. The molecule has 0 aliphatic rings. The van der Waals surface area contributed by atoms with Crippen molar-refractivity contribution in [2.75, 3.05) is 0 Å². The van der Waals surface area contributed by atoms with Gasteiger partial charge in [-0.15, -0.1) is 0 Å². The number of aromatic nitrogens is 3. The number of nitrogens with one attached hydrogen (secondary N) is 1. The van der Waals surface area contributed by atoms with E-state index in [2.05, 4.69) is 10.3 Å². The average molecular weight is 318 g/mol. The SMILES string of the molecule is Cn1ccc2c(C(=O)NCc3nc4ccccc4n3C)cccc21. The van der Waals surface area contributed by atoms with Crippen LogP contribution in [0.3, 0.4) is 0 Å². The Bertz CT molecular complexity index is 1060. The van der Waals surface area contributed by atoms with Crippen LogP contribution in [-0.2, 0) is 20.6 Å². The molecule has 5 nitrogen and oxygen atoms in total. The molecular weight excluding hydrogens is 300 g/mol. The van der Waals surface area contributed by atoms with Crippen molar-refractivity contribution in [2.45, 2.75) is 6.54 Å². The van der Waals surface area contributed by atoms with Gasteiger partial charge in [0.1, 0.15) is 5.82 Å². The quantitative estimate of drug-likeness (QED) is 0.631. The third-order valence-electron chi connectivity index (χ3n) is 4.46. The highest BCUT2D eigenvalue weighted by atomic mass is 16.1. The van der Waals surface area contributed by atoms with E-state index >= 15 is 0 Å². The van der Waals surface area contributed by atoms with Gasteiger partial charge in [-0.2, -0.15) is 0 Å². The maximum Gasteiger partial charge on any atom is 0.252 e. The molecule has 0 saturated heterocycles. The predicted octanol–water partition coefficient (Wildman–Crippen LogP) is 3.00. The monoisotopic (exact) mass is 318 g/mol. The van der Waals surface area contributed by atoms with Crippen molar-refractivity contribution in [3.63, 3.8) is 0 Å². The first kappa shape index (κ1) is 14.5. The van der Waals surface area contributed by atoms with Crippen molar-refractivity contribution >= 4 is 27.8 Å². The summed E-state index contributed by atoms with van der Waals surface area (Å²) in [6.07, 6.45) is 1.97. The Morgan fingerprint density at radius 3 is 2.67 bits per heavy atom. The molecule has 0 unspecified atom stereocenters. The minimum Gasteiger partial charge on any atom is -0.351 e. The van der Waals surface area contributed by atoms with Crippen LogP contribution in [0.25, 0.3) is 21.9 Å². The first-order valence-electron chi connectivity index (χ1n) is 7.88. The first-order valence-corrected chi connectivity index (χ1v) is 7.88. The molecule has 4 rings (SSSR count). The second-order valence-corrected chi connectivity index (χ2v) is 5.92. The topological polar surface area (TPSA) is 51.9 Å². The molecule has 0 saturated carbocycles. The van der Waals surface area contributed by atoms with Gasteiger partial charge in [-0.3, -0.25) is 4.79 Å². The summed E-state index contributed by atoms with van der Waals surface area (Å²) >= 11 is 0. The lowest BCUT2D eigenvalue weighted by atomic mass is 10.1. The van der Waals surface area contributed by atoms with Crippen LogP contribution in [0, 0.1) is 0 Å². The Hall–Kier alpha value is -3.08. The zero-order valence-corrected chi connectivity index (χ0v) is 13.7. The molecule has 0 spiro atoms. The van der Waals surface area contributed by atoms with Gasteiger partial charge in [0.25, 0.3) is 5.91 Å². The first-order chi connectivity index (χ1) is 11.6. The molecule has 120 valence electrons. The smallest absolute Gasteiger partial charge is 0.252 e. The van der Waals surface area contributed by atoms with E-state index in [0.717, 1.165) is 27.8 Å². The Balaban J connectivity index is 1.60. The van der Waals surface area contributed by atoms with E-state index in [0.29, 0.717) is 12.1 Å². The van der Waals surface area contributed by atoms with Crippen LogP contribution in [0.5, 0.6) is 0 Å². The van der Waals surface area contributed by atoms with Gasteiger partial charge in [0.05, 0.1) is 17.6 Å². The van der Waals surface area contributed by atoms with E-state index in [4.69, 9.17) is 0 Å². The summed E-state index contributed by atoms with van der Waals surface area (Å²) < 4.78 is 4.02. The van der Waals surface area contributed by atoms with Gasteiger partial charge in [0, 0.05) is 36.8 Å². The van der Waals surface area contributed by atoms with Crippen LogP contribution in [0.2, 0.25) is 0 Å². The molecule has 0 aliphatic carbocycles. The molecule has 0 fully saturated rings. The number of rotatable bonds is 3. The van der Waals surface area contributed by atoms with Gasteiger partial charge in [-0.25, -0.2) is 4.98 Å². The van der Waals surface area contributed by atoms with E-state index in [1.54, 1.807) is 0 Å². The number of para-hydroxylation sites is 2. The fourth-order valence-electron chi connectivity index (χ4n) is 3.11. The highest BCUT2D eigenvalue weighted by Gasteiger charge is 2.13. The molecule has 1 N–H and O–H groups in total. The molecule has 0 bridgehead atoms. The summed E-state index contributed by atoms with van der Waals surface area (Å²) in [4.78, 5) is 17.2. The van der Waals surface area contributed by atoms with Gasteiger partial charge in [0.2, 0.25) is 0 Å². The van der Waals surface area contributed by atoms with Crippen LogP contribution in [0.4, 0.5) is 0 Å². The molecule has 0 atom stereocenters. The van der Waals surface area contributed by atoms with E-state index in [1.807, 2.05) is 78.0 Å². The summed E-state index contributed by atoms with van der Waals surface area (Å²) in [6.45, 7) is 0.396. The molecule has 5 heteroatoms. The Kier molecular flexibility index (Phi) is 3.34. The van der Waals surface area contributed by atoms with Gasteiger partial charge >= 0.3 is 0 Å². The highest BCUT2D eigenvalue weighted by Crippen LogP contribution is 2.20. The van der Waals surface area contributed by atoms with Crippen LogP contribution < -0.4 is 5.32 Å². The maximum atomic E-state index is 12.6. The number of carbonyl (C=O) groups excluding carboxylic acids is 1. The Morgan fingerprint density at radius 1 is 1.04 bits per heavy atom. The zero-order chi connectivity index (χ0) is 16.7. The van der Waals surface area contributed by atoms with Gasteiger partial charge in [-0.05, 0) is 30.3 Å². The van der Waals surface area contributed by atoms with Crippen LogP contribution in [-0.4, -0.2) is 20.0 Å². The summed E-state index contributed by atoms with van der Waals surface area (Å²) in [7, 11) is 3.94. The van der Waals surface area contributed by atoms with Crippen molar-refractivity contribution in [1.29, 1.82) is 0 Å². The van der Waals surface area contributed by atoms with Crippen molar-refractivity contribution in [3.05, 3.63) is 66.1 Å². The molecule has 2 aromatic heterocycles. The lowest BCUT2D eigenvalue weighted by molar-refractivity contribution is 0.0951. The van der Waals surface area contributed by atoms with Gasteiger partial charge in [0.15, 0.2) is 0 Å². The van der Waals surface area contributed by atoms with Crippen molar-refractivity contribution in [1.82, 2.24) is 19.4 Å². The number of imidazole rings is 1. The maximum absolute atomic E-state index is 12.6. The summed E-state index contributed by atoms with van der Waals surface area (Å²) in [5, 5.41) is 3.95. The van der Waals surface area contributed by atoms with E-state index in [-0.39, 0.29) is 5.91 Å². The summed E-state index contributed by atoms with van der Waals surface area (Å²) in [5.74, 6) is 0.753. The molecule has 2 aromatic carbocycles. The number of hydrogen-bond acceptors (Lipinski definition) is 2. The van der Waals surface area contributed by atoms with Crippen molar-refractivity contribution in [3.8, 4) is 0 Å². The molecule has 1 amide bonds. The molecular formula is C19H18N4O. The number of fused-ring (bicyclic) bond motifs is 2. The molecule has 24 heavy (non-hydrogen) atoms. The summed E-state index contributed by atoms with van der Waals surface area (Å²) in [6, 6.07) is 15.7. The molecule has 0 aliphatic heterocycles. The Labute approximate surface area is 139 Å². The normalized spacial score (nSPS) is 11.2. The molecule has 0 radical (unpaired) electrons. The van der Waals surface area contributed by atoms with E-state index in [1.165, 1.54) is 0 Å². The third kappa shape index (κ3) is 2.25. The fourth-order valence-corrected chi connectivity index (χ4v) is 3.11. The standard InChI is InChI=1S/C19H18N4O/c1-22-11-10-13-14(6-5-9-16(13)22)19(24)20-12-18-21-15-7-3-4-8-17(15)23(18)2/h3-11H,12H2,1-2H3,(H,20,24). The second-order valence-electron chi connectivity index (χ2n) is 5.92. The van der Waals surface area contributed by atoms with E-state index in [9.17, 15) is 4.79 Å². The molecule has 2 heterocycles. The zero-order valence-electron chi connectivity index (χ0n) is 13.7.